The summed E-state index contributed by atoms with van der Waals surface area (Å²) in [7, 11) is 0. The first-order valence-electron chi connectivity index (χ1n) is 8.44. The zero-order valence-electron chi connectivity index (χ0n) is 14.8. The zero-order chi connectivity index (χ0) is 17.3. The third-order valence-corrected chi connectivity index (χ3v) is 4.04. The molecule has 3 heterocycles. The van der Waals surface area contributed by atoms with Gasteiger partial charge in [-0.05, 0) is 39.3 Å². The number of anilines is 1. The number of amides is 1. The average Bonchev–Trinajstić information content (AvgIpc) is 2.95. The van der Waals surface area contributed by atoms with Crippen molar-refractivity contribution in [3.05, 3.63) is 24.0 Å². The Morgan fingerprint density at radius 3 is 2.54 bits per heavy atom. The number of fused-ring (bicyclic) bond motifs is 1. The summed E-state index contributed by atoms with van der Waals surface area (Å²) >= 11 is 0. The van der Waals surface area contributed by atoms with Crippen LogP contribution in [0.25, 0.3) is 5.65 Å². The van der Waals surface area contributed by atoms with E-state index < -0.39 is 5.60 Å². The highest BCUT2D eigenvalue weighted by Gasteiger charge is 2.26. The Morgan fingerprint density at radius 2 is 1.92 bits per heavy atom. The summed E-state index contributed by atoms with van der Waals surface area (Å²) in [6.07, 6.45) is 2.52. The molecule has 24 heavy (non-hydrogen) atoms. The van der Waals surface area contributed by atoms with E-state index in [0.29, 0.717) is 13.1 Å². The Kier molecular flexibility index (Phi) is 4.34. The van der Waals surface area contributed by atoms with Gasteiger partial charge in [-0.25, -0.2) is 14.3 Å². The molecule has 1 amide bonds. The molecular formula is C17H25N5O2. The molecule has 1 aliphatic heterocycles. The molecule has 0 spiro atoms. The standard InChI is InChI=1S/C17H25N5O2/c1-5-13-12-18-14-6-7-15(19-22(13)14)20-8-10-21(11-9-20)16(23)24-17(2,3)4/h6-7,12H,5,8-11H2,1-4H3. The Balaban J connectivity index is 1.67. The van der Waals surface area contributed by atoms with Gasteiger partial charge in [0.1, 0.15) is 11.4 Å². The van der Waals surface area contributed by atoms with E-state index in [1.165, 1.54) is 0 Å². The van der Waals surface area contributed by atoms with Crippen molar-refractivity contribution in [3.63, 3.8) is 0 Å². The first-order valence-corrected chi connectivity index (χ1v) is 8.44. The molecule has 0 bridgehead atoms. The van der Waals surface area contributed by atoms with Gasteiger partial charge < -0.3 is 14.5 Å². The topological polar surface area (TPSA) is 63.0 Å². The third-order valence-electron chi connectivity index (χ3n) is 4.04. The monoisotopic (exact) mass is 331 g/mol. The van der Waals surface area contributed by atoms with Gasteiger partial charge >= 0.3 is 6.09 Å². The number of imidazole rings is 1. The van der Waals surface area contributed by atoms with E-state index in [1.54, 1.807) is 4.90 Å². The van der Waals surface area contributed by atoms with E-state index in [0.717, 1.165) is 36.7 Å². The lowest BCUT2D eigenvalue weighted by Gasteiger charge is -2.36. The maximum atomic E-state index is 12.1. The van der Waals surface area contributed by atoms with Crippen LogP contribution in [-0.2, 0) is 11.2 Å². The van der Waals surface area contributed by atoms with Crippen LogP contribution in [0.2, 0.25) is 0 Å². The first-order chi connectivity index (χ1) is 11.4. The maximum absolute atomic E-state index is 12.1. The second-order valence-corrected chi connectivity index (χ2v) is 7.02. The number of aromatic nitrogens is 3. The van der Waals surface area contributed by atoms with Crippen molar-refractivity contribution in [2.45, 2.75) is 39.7 Å². The van der Waals surface area contributed by atoms with Crippen molar-refractivity contribution in [3.8, 4) is 0 Å². The van der Waals surface area contributed by atoms with Gasteiger partial charge in [0.2, 0.25) is 0 Å². The van der Waals surface area contributed by atoms with Crippen LogP contribution in [0, 0.1) is 0 Å². The highest BCUT2D eigenvalue weighted by molar-refractivity contribution is 5.68. The average molecular weight is 331 g/mol. The summed E-state index contributed by atoms with van der Waals surface area (Å²) in [6.45, 7) is 10.5. The highest BCUT2D eigenvalue weighted by atomic mass is 16.6. The quantitative estimate of drug-likeness (QED) is 0.845. The van der Waals surface area contributed by atoms with Gasteiger partial charge in [-0.1, -0.05) is 6.92 Å². The molecule has 1 saturated heterocycles. The van der Waals surface area contributed by atoms with E-state index >= 15 is 0 Å². The minimum atomic E-state index is -0.460. The molecule has 0 N–H and O–H groups in total. The van der Waals surface area contributed by atoms with Crippen LogP contribution >= 0.6 is 0 Å². The fourth-order valence-electron chi connectivity index (χ4n) is 2.77. The second kappa shape index (κ2) is 6.30. The molecule has 2 aromatic heterocycles. The number of rotatable bonds is 2. The molecule has 0 aliphatic carbocycles. The molecule has 3 rings (SSSR count). The summed E-state index contributed by atoms with van der Waals surface area (Å²) in [6, 6.07) is 3.98. The van der Waals surface area contributed by atoms with Crippen molar-refractivity contribution < 1.29 is 9.53 Å². The summed E-state index contributed by atoms with van der Waals surface area (Å²) < 4.78 is 7.33. The molecule has 0 atom stereocenters. The minimum absolute atomic E-state index is 0.242. The van der Waals surface area contributed by atoms with E-state index in [2.05, 4.69) is 16.8 Å². The fraction of sp³-hybridized carbons (Fsp3) is 0.588. The van der Waals surface area contributed by atoms with Gasteiger partial charge in [0.15, 0.2) is 5.65 Å². The predicted molar refractivity (Wildman–Crippen MR) is 92.4 cm³/mol. The Hall–Kier alpha value is -2.31. The molecule has 0 saturated carbocycles. The molecule has 7 nitrogen and oxygen atoms in total. The molecule has 0 aromatic carbocycles. The van der Waals surface area contributed by atoms with Crippen LogP contribution in [0.5, 0.6) is 0 Å². The molecule has 1 fully saturated rings. The number of hydrogen-bond acceptors (Lipinski definition) is 5. The Bertz CT molecular complexity index is 726. The lowest BCUT2D eigenvalue weighted by molar-refractivity contribution is 0.0240. The van der Waals surface area contributed by atoms with Crippen molar-refractivity contribution in [1.29, 1.82) is 0 Å². The third kappa shape index (κ3) is 3.44. The van der Waals surface area contributed by atoms with E-state index in [9.17, 15) is 4.79 Å². The van der Waals surface area contributed by atoms with Gasteiger partial charge in [-0.2, -0.15) is 0 Å². The van der Waals surface area contributed by atoms with Crippen LogP contribution in [-0.4, -0.2) is 57.4 Å². The van der Waals surface area contributed by atoms with E-state index in [-0.39, 0.29) is 6.09 Å². The molecular weight excluding hydrogens is 306 g/mol. The Labute approximate surface area is 142 Å². The minimum Gasteiger partial charge on any atom is -0.444 e. The second-order valence-electron chi connectivity index (χ2n) is 7.02. The van der Waals surface area contributed by atoms with Gasteiger partial charge in [-0.3, -0.25) is 0 Å². The number of nitrogens with zero attached hydrogens (tertiary/aromatic N) is 5. The smallest absolute Gasteiger partial charge is 0.410 e. The molecule has 0 unspecified atom stereocenters. The fourth-order valence-corrected chi connectivity index (χ4v) is 2.77. The van der Waals surface area contributed by atoms with Crippen LogP contribution in [0.1, 0.15) is 33.4 Å². The largest absolute Gasteiger partial charge is 0.444 e. The summed E-state index contributed by atoms with van der Waals surface area (Å²) in [4.78, 5) is 20.4. The van der Waals surface area contributed by atoms with Crippen molar-refractivity contribution in [1.82, 2.24) is 19.5 Å². The van der Waals surface area contributed by atoms with Gasteiger partial charge in [-0.15, -0.1) is 5.10 Å². The number of piperazine rings is 1. The van der Waals surface area contributed by atoms with Crippen molar-refractivity contribution in [2.75, 3.05) is 31.1 Å². The van der Waals surface area contributed by atoms with Gasteiger partial charge in [0.25, 0.3) is 0 Å². The van der Waals surface area contributed by atoms with Crippen LogP contribution in [0.15, 0.2) is 18.3 Å². The summed E-state index contributed by atoms with van der Waals surface area (Å²) in [5.41, 5.74) is 1.50. The normalized spacial score (nSPS) is 15.8. The highest BCUT2D eigenvalue weighted by Crippen LogP contribution is 2.17. The van der Waals surface area contributed by atoms with Crippen molar-refractivity contribution in [2.24, 2.45) is 0 Å². The number of hydrogen-bond donors (Lipinski definition) is 0. The molecule has 2 aromatic rings. The number of carbonyl (C=O) groups is 1. The number of aryl methyl sites for hydroxylation is 1. The lowest BCUT2D eigenvalue weighted by Crippen LogP contribution is -2.50. The predicted octanol–water partition coefficient (Wildman–Crippen LogP) is 2.35. The van der Waals surface area contributed by atoms with Gasteiger partial charge in [0, 0.05) is 26.2 Å². The molecule has 7 heteroatoms. The summed E-state index contributed by atoms with van der Waals surface area (Å²) in [5, 5.41) is 4.70. The first kappa shape index (κ1) is 16.5. The lowest BCUT2D eigenvalue weighted by atomic mass is 10.2. The number of ether oxygens (including phenoxy) is 1. The molecule has 130 valence electrons. The van der Waals surface area contributed by atoms with Crippen LogP contribution in [0.3, 0.4) is 0 Å². The number of carbonyl (C=O) groups excluding carboxylic acids is 1. The molecule has 1 aliphatic rings. The Morgan fingerprint density at radius 1 is 1.21 bits per heavy atom. The van der Waals surface area contributed by atoms with Crippen LogP contribution in [0.4, 0.5) is 10.6 Å². The van der Waals surface area contributed by atoms with E-state index in [4.69, 9.17) is 9.84 Å². The maximum Gasteiger partial charge on any atom is 0.410 e. The van der Waals surface area contributed by atoms with Gasteiger partial charge in [0.05, 0.1) is 11.9 Å². The zero-order valence-corrected chi connectivity index (χ0v) is 14.8. The molecule has 0 radical (unpaired) electrons. The van der Waals surface area contributed by atoms with Crippen molar-refractivity contribution >= 4 is 17.6 Å². The van der Waals surface area contributed by atoms with Crippen LogP contribution < -0.4 is 4.90 Å². The summed E-state index contributed by atoms with van der Waals surface area (Å²) in [5.74, 6) is 0.916. The SMILES string of the molecule is CCc1cnc2ccc(N3CCN(C(=O)OC(C)(C)C)CC3)nn12. The van der Waals surface area contributed by atoms with E-state index in [1.807, 2.05) is 43.6 Å².